The van der Waals surface area contributed by atoms with Gasteiger partial charge >= 0.3 is 0 Å². The Morgan fingerprint density at radius 1 is 0.900 bits per heavy atom. The van der Waals surface area contributed by atoms with E-state index in [4.69, 9.17) is 9.47 Å². The number of aliphatic hydroxyl groups excluding tert-OH is 1. The van der Waals surface area contributed by atoms with Crippen molar-refractivity contribution in [3.05, 3.63) is 125 Å². The lowest BCUT2D eigenvalue weighted by Crippen LogP contribution is -2.57. The van der Waals surface area contributed by atoms with Crippen molar-refractivity contribution in [2.24, 2.45) is 5.92 Å². The largest absolute Gasteiger partial charge is 0.392 e. The molecule has 0 saturated carbocycles. The highest BCUT2D eigenvalue weighted by Crippen LogP contribution is 2.43. The number of hydrogen-bond donors (Lipinski definition) is 3. The van der Waals surface area contributed by atoms with Crippen LogP contribution in [-0.2, 0) is 32.2 Å². The highest BCUT2D eigenvalue weighted by Gasteiger charge is 2.51. The Bertz CT molecular complexity index is 1770. The number of hydrogen-bond acceptors (Lipinski definition) is 7. The predicted octanol–water partition coefficient (Wildman–Crippen LogP) is 5.70. The topological polar surface area (TPSA) is 103 Å². The second-order valence-electron chi connectivity index (χ2n) is 13.8. The molecule has 3 saturated heterocycles. The molecule has 0 aromatic heterocycles. The van der Waals surface area contributed by atoms with Crippen molar-refractivity contribution in [2.45, 2.75) is 63.9 Å². The molecule has 4 unspecified atom stereocenters. The van der Waals surface area contributed by atoms with Crippen molar-refractivity contribution >= 4 is 17.5 Å². The van der Waals surface area contributed by atoms with Crippen LogP contribution < -0.4 is 15.5 Å². The maximum atomic E-state index is 13.3. The SMILES string of the molecule is CC(=O)NCc1ccccc1-c1ccc(C2OC(CN3CCC4(CC3)C(=O)NCN4c3ccccc3)C(C)C(c3ccc(CO)cc3)O2)cc1. The van der Waals surface area contributed by atoms with Crippen molar-refractivity contribution in [1.82, 2.24) is 15.5 Å². The summed E-state index contributed by atoms with van der Waals surface area (Å²) < 4.78 is 13.5. The van der Waals surface area contributed by atoms with E-state index in [0.717, 1.165) is 71.5 Å². The predicted molar refractivity (Wildman–Crippen MR) is 193 cm³/mol. The fourth-order valence-electron chi connectivity index (χ4n) is 7.72. The molecule has 9 heteroatoms. The number of nitrogens with one attached hydrogen (secondary N) is 2. The Morgan fingerprint density at radius 2 is 1.58 bits per heavy atom. The van der Waals surface area contributed by atoms with Gasteiger partial charge in [-0.05, 0) is 52.8 Å². The molecule has 4 atom stereocenters. The molecule has 0 bridgehead atoms. The zero-order chi connectivity index (χ0) is 34.7. The van der Waals surface area contributed by atoms with E-state index in [1.165, 1.54) is 6.92 Å². The lowest BCUT2D eigenvalue weighted by Gasteiger charge is -2.46. The summed E-state index contributed by atoms with van der Waals surface area (Å²) in [6.45, 7) is 7.00. The van der Waals surface area contributed by atoms with Crippen LogP contribution in [0.15, 0.2) is 103 Å². The second kappa shape index (κ2) is 14.7. The van der Waals surface area contributed by atoms with Gasteiger partial charge in [-0.2, -0.15) is 0 Å². The fourth-order valence-corrected chi connectivity index (χ4v) is 7.72. The Morgan fingerprint density at radius 3 is 2.28 bits per heavy atom. The van der Waals surface area contributed by atoms with Gasteiger partial charge in [0, 0.05) is 50.3 Å². The molecule has 0 aliphatic carbocycles. The lowest BCUT2D eigenvalue weighted by atomic mass is 9.84. The monoisotopic (exact) mass is 674 g/mol. The van der Waals surface area contributed by atoms with Crippen LogP contribution in [0.1, 0.15) is 61.3 Å². The minimum atomic E-state index is -0.576. The molecular weight excluding hydrogens is 628 g/mol. The summed E-state index contributed by atoms with van der Waals surface area (Å²) in [6, 6.07) is 34.6. The number of ether oxygens (including phenoxy) is 2. The van der Waals surface area contributed by atoms with Crippen molar-refractivity contribution < 1.29 is 24.2 Å². The molecule has 3 aliphatic heterocycles. The third kappa shape index (κ3) is 6.91. The highest BCUT2D eigenvalue weighted by molar-refractivity contribution is 5.93. The van der Waals surface area contributed by atoms with Gasteiger partial charge in [-0.1, -0.05) is 97.9 Å². The van der Waals surface area contributed by atoms with Gasteiger partial charge in [0.2, 0.25) is 11.8 Å². The first kappa shape index (κ1) is 33.9. The first-order chi connectivity index (χ1) is 24.3. The Hall–Kier alpha value is -4.54. The van der Waals surface area contributed by atoms with E-state index >= 15 is 0 Å². The number of rotatable bonds is 9. The fraction of sp³-hybridized carbons (Fsp3) is 0.366. The Kier molecular flexibility index (Phi) is 10.0. The minimum absolute atomic E-state index is 0.00775. The molecule has 9 nitrogen and oxygen atoms in total. The van der Waals surface area contributed by atoms with Crippen LogP contribution in [0, 0.1) is 5.92 Å². The van der Waals surface area contributed by atoms with Gasteiger partial charge in [0.25, 0.3) is 0 Å². The van der Waals surface area contributed by atoms with E-state index in [1.54, 1.807) is 0 Å². The average Bonchev–Trinajstić information content (AvgIpc) is 3.47. The van der Waals surface area contributed by atoms with Gasteiger partial charge < -0.3 is 35.0 Å². The third-order valence-corrected chi connectivity index (χ3v) is 10.7. The quantitative estimate of drug-likeness (QED) is 0.209. The number of piperidine rings is 1. The molecule has 50 heavy (non-hydrogen) atoms. The molecule has 0 radical (unpaired) electrons. The zero-order valence-electron chi connectivity index (χ0n) is 28.8. The van der Waals surface area contributed by atoms with Gasteiger partial charge in [0.1, 0.15) is 5.54 Å². The maximum Gasteiger partial charge on any atom is 0.247 e. The summed E-state index contributed by atoms with van der Waals surface area (Å²) >= 11 is 0. The van der Waals surface area contributed by atoms with E-state index < -0.39 is 11.8 Å². The normalized spacial score (nSPS) is 23.5. The van der Waals surface area contributed by atoms with Crippen LogP contribution in [0.2, 0.25) is 0 Å². The van der Waals surface area contributed by atoms with Gasteiger partial charge in [0.15, 0.2) is 6.29 Å². The van der Waals surface area contributed by atoms with Crippen LogP contribution in [0.3, 0.4) is 0 Å². The van der Waals surface area contributed by atoms with E-state index in [0.29, 0.717) is 13.2 Å². The number of carbonyl (C=O) groups is 2. The summed E-state index contributed by atoms with van der Waals surface area (Å²) in [5.74, 6) is 0.107. The van der Waals surface area contributed by atoms with Gasteiger partial charge in [0.05, 0.1) is 25.5 Å². The number of para-hydroxylation sites is 1. The van der Waals surface area contributed by atoms with Gasteiger partial charge in [-0.15, -0.1) is 0 Å². The Labute approximate surface area is 294 Å². The number of aliphatic hydroxyl groups is 1. The molecular formula is C41H46N4O5. The van der Waals surface area contributed by atoms with Crippen molar-refractivity contribution in [3.63, 3.8) is 0 Å². The summed E-state index contributed by atoms with van der Waals surface area (Å²) in [6.07, 6.45) is 0.575. The summed E-state index contributed by atoms with van der Waals surface area (Å²) in [4.78, 5) is 29.5. The number of amides is 2. The number of benzene rings is 4. The van der Waals surface area contributed by atoms with E-state index in [-0.39, 0.29) is 36.5 Å². The number of carbonyl (C=O) groups excluding carboxylic acids is 2. The molecule has 2 amide bonds. The first-order valence-electron chi connectivity index (χ1n) is 17.6. The van der Waals surface area contributed by atoms with E-state index in [9.17, 15) is 14.7 Å². The first-order valence-corrected chi connectivity index (χ1v) is 17.6. The number of nitrogens with zero attached hydrogens (tertiary/aromatic N) is 2. The molecule has 4 aromatic carbocycles. The highest BCUT2D eigenvalue weighted by atomic mass is 16.7. The van der Waals surface area contributed by atoms with Crippen molar-refractivity contribution in [1.29, 1.82) is 0 Å². The van der Waals surface area contributed by atoms with Crippen LogP contribution in [0.25, 0.3) is 11.1 Å². The molecule has 4 aromatic rings. The van der Waals surface area contributed by atoms with Gasteiger partial charge in [-0.3, -0.25) is 9.59 Å². The van der Waals surface area contributed by atoms with Gasteiger partial charge in [-0.25, -0.2) is 0 Å². The van der Waals surface area contributed by atoms with Crippen LogP contribution in [0.4, 0.5) is 5.69 Å². The smallest absolute Gasteiger partial charge is 0.247 e. The van der Waals surface area contributed by atoms with Crippen molar-refractivity contribution in [2.75, 3.05) is 31.2 Å². The van der Waals surface area contributed by atoms with Crippen LogP contribution in [0.5, 0.6) is 0 Å². The summed E-state index contributed by atoms with van der Waals surface area (Å²) in [7, 11) is 0. The molecule has 3 heterocycles. The summed E-state index contributed by atoms with van der Waals surface area (Å²) in [5, 5.41) is 15.7. The molecule has 3 fully saturated rings. The molecule has 7 rings (SSSR count). The molecule has 3 aliphatic rings. The minimum Gasteiger partial charge on any atom is -0.392 e. The van der Waals surface area contributed by atoms with Crippen molar-refractivity contribution in [3.8, 4) is 11.1 Å². The number of anilines is 1. The third-order valence-electron chi connectivity index (χ3n) is 10.7. The van der Waals surface area contributed by atoms with E-state index in [2.05, 4.69) is 69.8 Å². The summed E-state index contributed by atoms with van der Waals surface area (Å²) in [5.41, 5.74) is 6.54. The zero-order valence-corrected chi connectivity index (χ0v) is 28.8. The molecule has 260 valence electrons. The van der Waals surface area contributed by atoms with Crippen LogP contribution in [-0.4, -0.2) is 59.8 Å². The molecule has 3 N–H and O–H groups in total. The maximum absolute atomic E-state index is 13.3. The second-order valence-corrected chi connectivity index (χ2v) is 13.8. The lowest BCUT2D eigenvalue weighted by molar-refractivity contribution is -0.276. The van der Waals surface area contributed by atoms with E-state index in [1.807, 2.05) is 60.7 Å². The standard InChI is InChI=1S/C41H46N4O5/c1-28-37(25-44-22-20-41(21-23-44)40(48)43-27-45(41)35-9-4-3-5-10-35)49-39(50-38(28)32-14-12-30(26-46)13-15-32)33-18-16-31(17-19-33)36-11-7-6-8-34(36)24-42-29(2)47/h3-19,28,37-39,46H,20-27H2,1-2H3,(H,42,47)(H,43,48). The average molecular weight is 675 g/mol. The van der Waals surface area contributed by atoms with Crippen LogP contribution >= 0.6 is 0 Å². The molecule has 1 spiro atoms. The number of likely N-dealkylation sites (tertiary alicyclic amines) is 1. The Balaban J connectivity index is 1.10.